The largest absolute Gasteiger partial charge is 0.398 e. The van der Waals surface area contributed by atoms with Crippen molar-refractivity contribution in [1.29, 1.82) is 0 Å². The highest BCUT2D eigenvalue weighted by molar-refractivity contribution is 5.44. The molecule has 15 heavy (non-hydrogen) atoms. The monoisotopic (exact) mass is 205 g/mol. The van der Waals surface area contributed by atoms with Crippen molar-refractivity contribution in [3.05, 3.63) is 24.0 Å². The zero-order chi connectivity index (χ0) is 11.1. The van der Waals surface area contributed by atoms with Crippen LogP contribution in [0.2, 0.25) is 0 Å². The molecule has 1 aliphatic rings. The van der Waals surface area contributed by atoms with Crippen LogP contribution < -0.4 is 11.5 Å². The second-order valence-corrected chi connectivity index (χ2v) is 5.24. The molecular weight excluding hydrogens is 186 g/mol. The number of aromatic nitrogens is 1. The lowest BCUT2D eigenvalue weighted by Crippen LogP contribution is -2.27. The van der Waals surface area contributed by atoms with Gasteiger partial charge in [0.1, 0.15) is 0 Å². The molecular formula is C12H19N3. The van der Waals surface area contributed by atoms with E-state index in [2.05, 4.69) is 18.8 Å². The Morgan fingerprint density at radius 1 is 1.60 bits per heavy atom. The summed E-state index contributed by atoms with van der Waals surface area (Å²) in [6.45, 7) is 4.54. The van der Waals surface area contributed by atoms with Crippen molar-refractivity contribution in [2.24, 2.45) is 17.1 Å². The van der Waals surface area contributed by atoms with Crippen molar-refractivity contribution in [2.45, 2.75) is 32.7 Å². The molecule has 0 aliphatic heterocycles. The third kappa shape index (κ3) is 2.12. The molecule has 4 N–H and O–H groups in total. The zero-order valence-corrected chi connectivity index (χ0v) is 9.40. The molecule has 2 rings (SSSR count). The molecule has 0 radical (unpaired) electrons. The Kier molecular flexibility index (Phi) is 2.43. The third-order valence-electron chi connectivity index (χ3n) is 3.50. The summed E-state index contributed by atoms with van der Waals surface area (Å²) in [6, 6.07) is 2.05. The summed E-state index contributed by atoms with van der Waals surface area (Å²) in [7, 11) is 0. The van der Waals surface area contributed by atoms with Gasteiger partial charge in [-0.25, -0.2) is 0 Å². The molecule has 3 nitrogen and oxygen atoms in total. The van der Waals surface area contributed by atoms with Crippen molar-refractivity contribution in [3.8, 4) is 0 Å². The third-order valence-corrected chi connectivity index (χ3v) is 3.50. The van der Waals surface area contributed by atoms with Crippen LogP contribution in [0.4, 0.5) is 5.69 Å². The van der Waals surface area contributed by atoms with Gasteiger partial charge >= 0.3 is 0 Å². The molecule has 2 atom stereocenters. The van der Waals surface area contributed by atoms with Gasteiger partial charge in [-0.3, -0.25) is 4.98 Å². The SMILES string of the molecule is CC1(C)CC1C(N)Cc1cnccc1N. The lowest BCUT2D eigenvalue weighted by atomic mass is 9.98. The van der Waals surface area contributed by atoms with Gasteiger partial charge in [0.2, 0.25) is 0 Å². The molecule has 1 aliphatic carbocycles. The Morgan fingerprint density at radius 3 is 2.80 bits per heavy atom. The van der Waals surface area contributed by atoms with E-state index in [1.807, 2.05) is 12.3 Å². The highest BCUT2D eigenvalue weighted by Gasteiger charge is 2.48. The summed E-state index contributed by atoms with van der Waals surface area (Å²) in [5.41, 5.74) is 14.3. The van der Waals surface area contributed by atoms with Gasteiger partial charge in [-0.05, 0) is 35.8 Å². The Balaban J connectivity index is 2.01. The fraction of sp³-hybridized carbons (Fsp3) is 0.583. The molecule has 1 heterocycles. The molecule has 3 heteroatoms. The van der Waals surface area contributed by atoms with E-state index in [0.717, 1.165) is 17.7 Å². The summed E-state index contributed by atoms with van der Waals surface area (Å²) < 4.78 is 0. The van der Waals surface area contributed by atoms with Crippen molar-refractivity contribution in [1.82, 2.24) is 4.98 Å². The van der Waals surface area contributed by atoms with Crippen LogP contribution in [0.3, 0.4) is 0 Å². The Morgan fingerprint density at radius 2 is 2.27 bits per heavy atom. The Hall–Kier alpha value is -1.09. The first-order chi connectivity index (χ1) is 7.00. The number of anilines is 1. The van der Waals surface area contributed by atoms with Gasteiger partial charge < -0.3 is 11.5 Å². The van der Waals surface area contributed by atoms with Crippen LogP contribution in [0.5, 0.6) is 0 Å². The number of hydrogen-bond donors (Lipinski definition) is 2. The lowest BCUT2D eigenvalue weighted by Gasteiger charge is -2.14. The summed E-state index contributed by atoms with van der Waals surface area (Å²) in [5, 5.41) is 0. The van der Waals surface area contributed by atoms with Gasteiger partial charge in [0, 0.05) is 24.1 Å². The van der Waals surface area contributed by atoms with Gasteiger partial charge in [-0.2, -0.15) is 0 Å². The van der Waals surface area contributed by atoms with Crippen molar-refractivity contribution < 1.29 is 0 Å². The zero-order valence-electron chi connectivity index (χ0n) is 9.40. The fourth-order valence-electron chi connectivity index (χ4n) is 2.24. The van der Waals surface area contributed by atoms with Crippen molar-refractivity contribution in [2.75, 3.05) is 5.73 Å². The van der Waals surface area contributed by atoms with E-state index in [9.17, 15) is 0 Å². The number of nitrogen functional groups attached to an aromatic ring is 1. The number of rotatable bonds is 3. The highest BCUT2D eigenvalue weighted by atomic mass is 14.7. The van der Waals surface area contributed by atoms with Crippen molar-refractivity contribution >= 4 is 5.69 Å². The summed E-state index contributed by atoms with van der Waals surface area (Å²) in [6.07, 6.45) is 5.61. The van der Waals surface area contributed by atoms with E-state index in [1.165, 1.54) is 6.42 Å². The maximum Gasteiger partial charge on any atom is 0.0378 e. The minimum absolute atomic E-state index is 0.214. The second-order valence-electron chi connectivity index (χ2n) is 5.24. The van der Waals surface area contributed by atoms with Gasteiger partial charge in [0.25, 0.3) is 0 Å². The topological polar surface area (TPSA) is 64.9 Å². The van der Waals surface area contributed by atoms with Gasteiger partial charge in [0.05, 0.1) is 0 Å². The van der Waals surface area contributed by atoms with Gasteiger partial charge in [-0.15, -0.1) is 0 Å². The molecule has 0 bridgehead atoms. The Bertz CT molecular complexity index is 360. The van der Waals surface area contributed by atoms with Gasteiger partial charge in [0.15, 0.2) is 0 Å². The lowest BCUT2D eigenvalue weighted by molar-refractivity contribution is 0.476. The average Bonchev–Trinajstić information content (AvgIpc) is 2.79. The summed E-state index contributed by atoms with van der Waals surface area (Å²) in [5.74, 6) is 0.636. The maximum atomic E-state index is 6.17. The normalized spacial score (nSPS) is 24.9. The molecule has 1 aromatic heterocycles. The first kappa shape index (κ1) is 10.4. The average molecular weight is 205 g/mol. The number of pyridine rings is 1. The van der Waals surface area contributed by atoms with Crippen LogP contribution in [0, 0.1) is 11.3 Å². The molecule has 1 aromatic rings. The van der Waals surface area contributed by atoms with E-state index >= 15 is 0 Å². The van der Waals surface area contributed by atoms with E-state index in [1.54, 1.807) is 6.20 Å². The van der Waals surface area contributed by atoms with E-state index in [-0.39, 0.29) is 6.04 Å². The minimum atomic E-state index is 0.214. The first-order valence-electron chi connectivity index (χ1n) is 5.44. The predicted molar refractivity (Wildman–Crippen MR) is 62.2 cm³/mol. The number of nitrogens with two attached hydrogens (primary N) is 2. The molecule has 0 spiro atoms. The minimum Gasteiger partial charge on any atom is -0.398 e. The van der Waals surface area contributed by atoms with Gasteiger partial charge in [-0.1, -0.05) is 13.8 Å². The van der Waals surface area contributed by atoms with E-state index in [4.69, 9.17) is 11.5 Å². The van der Waals surface area contributed by atoms with Crippen LogP contribution in [0.15, 0.2) is 18.5 Å². The standard InChI is InChI=1S/C12H19N3/c1-12(2)6-9(12)11(14)5-8-7-15-4-3-10(8)13/h3-4,7,9,11H,5-6,14H2,1-2H3,(H2,13,15). The second kappa shape index (κ2) is 3.49. The van der Waals surface area contributed by atoms with Crippen LogP contribution in [-0.4, -0.2) is 11.0 Å². The summed E-state index contributed by atoms with van der Waals surface area (Å²) in [4.78, 5) is 4.08. The molecule has 1 fully saturated rings. The molecule has 82 valence electrons. The number of hydrogen-bond acceptors (Lipinski definition) is 3. The fourth-order valence-corrected chi connectivity index (χ4v) is 2.24. The number of nitrogens with zero attached hydrogens (tertiary/aromatic N) is 1. The molecule has 2 unspecified atom stereocenters. The summed E-state index contributed by atoms with van der Waals surface area (Å²) >= 11 is 0. The molecule has 0 saturated heterocycles. The van der Waals surface area contributed by atoms with Crippen LogP contribution in [0.25, 0.3) is 0 Å². The Labute approximate surface area is 90.9 Å². The highest BCUT2D eigenvalue weighted by Crippen LogP contribution is 2.53. The smallest absolute Gasteiger partial charge is 0.0378 e. The quantitative estimate of drug-likeness (QED) is 0.787. The predicted octanol–water partition coefficient (Wildman–Crippen LogP) is 1.58. The molecule has 1 saturated carbocycles. The molecule has 0 amide bonds. The van der Waals surface area contributed by atoms with E-state index in [0.29, 0.717) is 11.3 Å². The molecule has 0 aromatic carbocycles. The first-order valence-corrected chi connectivity index (χ1v) is 5.44. The van der Waals surface area contributed by atoms with E-state index < -0.39 is 0 Å². The van der Waals surface area contributed by atoms with Crippen LogP contribution in [0.1, 0.15) is 25.8 Å². The van der Waals surface area contributed by atoms with Crippen LogP contribution >= 0.6 is 0 Å². The van der Waals surface area contributed by atoms with Crippen LogP contribution in [-0.2, 0) is 6.42 Å². The van der Waals surface area contributed by atoms with Crippen molar-refractivity contribution in [3.63, 3.8) is 0 Å². The maximum absolute atomic E-state index is 6.17.